The molecule has 1 fully saturated rings. The number of methoxy groups -OCH3 is 1. The van der Waals surface area contributed by atoms with Crippen LogP contribution in [-0.2, 0) is 9.59 Å². The van der Waals surface area contributed by atoms with Crippen molar-refractivity contribution in [3.05, 3.63) is 41.6 Å². The van der Waals surface area contributed by atoms with E-state index in [-0.39, 0.29) is 17.5 Å². The number of benzene rings is 1. The molecule has 0 radical (unpaired) electrons. The first-order chi connectivity index (χ1) is 13.0. The van der Waals surface area contributed by atoms with Gasteiger partial charge in [0.15, 0.2) is 0 Å². The van der Waals surface area contributed by atoms with Crippen LogP contribution < -0.4 is 15.4 Å². The number of carbonyl (C=O) groups excluding carboxylic acids is 2. The highest BCUT2D eigenvalue weighted by atomic mass is 16.5. The third-order valence-electron chi connectivity index (χ3n) is 4.52. The molecule has 0 bridgehead atoms. The van der Waals surface area contributed by atoms with E-state index < -0.39 is 5.91 Å². The summed E-state index contributed by atoms with van der Waals surface area (Å²) in [4.78, 5) is 25.5. The van der Waals surface area contributed by atoms with Gasteiger partial charge in [0.25, 0.3) is 5.91 Å². The Hall–Kier alpha value is -3.01. The van der Waals surface area contributed by atoms with Crippen LogP contribution in [0.15, 0.2) is 36.0 Å². The molecule has 2 N–H and O–H groups in total. The molecule has 0 spiro atoms. The summed E-state index contributed by atoms with van der Waals surface area (Å²) in [6, 6.07) is 9.43. The van der Waals surface area contributed by atoms with Gasteiger partial charge < -0.3 is 20.3 Å². The molecule has 27 heavy (non-hydrogen) atoms. The second-order valence-corrected chi connectivity index (χ2v) is 6.43. The molecule has 2 amide bonds. The largest absolute Gasteiger partial charge is 0.497 e. The Morgan fingerprint density at radius 1 is 1.41 bits per heavy atom. The topological polar surface area (TPSA) is 94.5 Å². The van der Waals surface area contributed by atoms with Crippen LogP contribution in [0.25, 0.3) is 0 Å². The van der Waals surface area contributed by atoms with Crippen molar-refractivity contribution in [1.82, 2.24) is 15.5 Å². The minimum atomic E-state index is -0.417. The number of nitrogens with zero attached hydrogens (tertiary/aromatic N) is 2. The second-order valence-electron chi connectivity index (χ2n) is 6.43. The third kappa shape index (κ3) is 6.03. The van der Waals surface area contributed by atoms with E-state index in [0.717, 1.165) is 24.3 Å². The molecule has 1 heterocycles. The van der Waals surface area contributed by atoms with Crippen molar-refractivity contribution in [1.29, 1.82) is 5.26 Å². The molecule has 144 valence electrons. The van der Waals surface area contributed by atoms with E-state index in [9.17, 15) is 14.9 Å². The van der Waals surface area contributed by atoms with E-state index in [1.807, 2.05) is 42.2 Å². The summed E-state index contributed by atoms with van der Waals surface area (Å²) in [5, 5.41) is 15.0. The van der Waals surface area contributed by atoms with Gasteiger partial charge in [0.05, 0.1) is 7.11 Å². The molecule has 1 aromatic carbocycles. The highest BCUT2D eigenvalue weighted by Gasteiger charge is 2.19. The minimum Gasteiger partial charge on any atom is -0.497 e. The standard InChI is InChI=1S/C20H26N4O3/c1-15(16-6-8-18(27-2)9-7-16)23-14-17(13-21)20(26)22-10-4-12-24-11-3-5-19(24)25/h6-9,14-15,23H,3-5,10-12H2,1-2H3,(H,22,26)/b17-14-. The van der Waals surface area contributed by atoms with Gasteiger partial charge >= 0.3 is 0 Å². The molecule has 1 unspecified atom stereocenters. The smallest absolute Gasteiger partial charge is 0.263 e. The minimum absolute atomic E-state index is 0.0209. The normalized spacial score (nSPS) is 15.2. The zero-order valence-electron chi connectivity index (χ0n) is 15.8. The van der Waals surface area contributed by atoms with E-state index >= 15 is 0 Å². The van der Waals surface area contributed by atoms with Gasteiger partial charge in [-0.05, 0) is 37.5 Å². The number of rotatable bonds is 9. The average Bonchev–Trinajstić information content (AvgIpc) is 3.10. The van der Waals surface area contributed by atoms with Gasteiger partial charge in [-0.1, -0.05) is 12.1 Å². The van der Waals surface area contributed by atoms with Gasteiger partial charge in [0.1, 0.15) is 17.4 Å². The van der Waals surface area contributed by atoms with Gasteiger partial charge in [-0.25, -0.2) is 0 Å². The maximum absolute atomic E-state index is 12.1. The molecule has 7 nitrogen and oxygen atoms in total. The maximum Gasteiger partial charge on any atom is 0.263 e. The predicted molar refractivity (Wildman–Crippen MR) is 102 cm³/mol. The van der Waals surface area contributed by atoms with Crippen molar-refractivity contribution < 1.29 is 14.3 Å². The Bertz CT molecular complexity index is 722. The van der Waals surface area contributed by atoms with Crippen LogP contribution in [0.2, 0.25) is 0 Å². The number of nitriles is 1. The quantitative estimate of drug-likeness (QED) is 0.393. The van der Waals surface area contributed by atoms with Crippen molar-refractivity contribution in [2.24, 2.45) is 0 Å². The van der Waals surface area contributed by atoms with Crippen LogP contribution in [0.3, 0.4) is 0 Å². The van der Waals surface area contributed by atoms with Crippen LogP contribution in [0.1, 0.15) is 37.8 Å². The average molecular weight is 370 g/mol. The van der Waals surface area contributed by atoms with Gasteiger partial charge in [0, 0.05) is 38.3 Å². The maximum atomic E-state index is 12.1. The molecule has 1 aliphatic heterocycles. The molecule has 1 atom stereocenters. The number of likely N-dealkylation sites (tertiary alicyclic amines) is 1. The summed E-state index contributed by atoms with van der Waals surface area (Å²) < 4.78 is 5.13. The fourth-order valence-electron chi connectivity index (χ4n) is 2.85. The molecule has 0 aromatic heterocycles. The fourth-order valence-corrected chi connectivity index (χ4v) is 2.85. The van der Waals surface area contributed by atoms with Crippen molar-refractivity contribution in [3.63, 3.8) is 0 Å². The summed E-state index contributed by atoms with van der Waals surface area (Å²) >= 11 is 0. The Labute approximate surface area is 160 Å². The lowest BCUT2D eigenvalue weighted by Gasteiger charge is -2.15. The first kappa shape index (κ1) is 20.3. The Kier molecular flexibility index (Phi) is 7.68. The third-order valence-corrected chi connectivity index (χ3v) is 4.52. The monoisotopic (exact) mass is 370 g/mol. The zero-order chi connectivity index (χ0) is 19.6. The SMILES string of the molecule is COc1ccc(C(C)N/C=C(/C#N)C(=O)NCCCN2CCCC2=O)cc1. The number of ether oxygens (including phenoxy) is 1. The van der Waals surface area contributed by atoms with Gasteiger partial charge in [0.2, 0.25) is 5.91 Å². The van der Waals surface area contributed by atoms with E-state index in [0.29, 0.717) is 25.9 Å². The van der Waals surface area contributed by atoms with Crippen LogP contribution in [0, 0.1) is 11.3 Å². The van der Waals surface area contributed by atoms with E-state index in [4.69, 9.17) is 4.74 Å². The van der Waals surface area contributed by atoms with Crippen LogP contribution in [-0.4, -0.2) is 43.5 Å². The van der Waals surface area contributed by atoms with Crippen molar-refractivity contribution in [2.45, 2.75) is 32.2 Å². The molecular weight excluding hydrogens is 344 g/mol. The molecule has 0 saturated carbocycles. The summed E-state index contributed by atoms with van der Waals surface area (Å²) in [5.74, 6) is 0.532. The van der Waals surface area contributed by atoms with Crippen molar-refractivity contribution >= 4 is 11.8 Å². The molecular formula is C20H26N4O3. The van der Waals surface area contributed by atoms with Gasteiger partial charge in [-0.3, -0.25) is 9.59 Å². The van der Waals surface area contributed by atoms with E-state index in [1.54, 1.807) is 7.11 Å². The Morgan fingerprint density at radius 2 is 2.15 bits per heavy atom. The van der Waals surface area contributed by atoms with Crippen LogP contribution >= 0.6 is 0 Å². The number of carbonyl (C=O) groups is 2. The molecule has 1 aromatic rings. The van der Waals surface area contributed by atoms with Gasteiger partial charge in [-0.2, -0.15) is 5.26 Å². The zero-order valence-corrected chi connectivity index (χ0v) is 15.8. The first-order valence-electron chi connectivity index (χ1n) is 9.11. The molecule has 2 rings (SSSR count). The predicted octanol–water partition coefficient (Wildman–Crippen LogP) is 1.88. The molecule has 0 aliphatic carbocycles. The number of amides is 2. The first-order valence-corrected chi connectivity index (χ1v) is 9.11. The van der Waals surface area contributed by atoms with E-state index in [1.165, 1.54) is 6.20 Å². The summed E-state index contributed by atoms with van der Waals surface area (Å²) in [6.45, 7) is 3.80. The van der Waals surface area contributed by atoms with Crippen molar-refractivity contribution in [2.75, 3.05) is 26.7 Å². The second kappa shape index (κ2) is 10.2. The lowest BCUT2D eigenvalue weighted by molar-refractivity contribution is -0.127. The summed E-state index contributed by atoms with van der Waals surface area (Å²) in [7, 11) is 1.61. The van der Waals surface area contributed by atoms with Crippen LogP contribution in [0.5, 0.6) is 5.75 Å². The molecule has 1 saturated heterocycles. The summed E-state index contributed by atoms with van der Waals surface area (Å²) in [5.41, 5.74) is 1.03. The highest BCUT2D eigenvalue weighted by molar-refractivity contribution is 5.97. The highest BCUT2D eigenvalue weighted by Crippen LogP contribution is 2.17. The van der Waals surface area contributed by atoms with Gasteiger partial charge in [-0.15, -0.1) is 0 Å². The summed E-state index contributed by atoms with van der Waals surface area (Å²) in [6.07, 6.45) is 3.64. The lowest BCUT2D eigenvalue weighted by atomic mass is 10.1. The Morgan fingerprint density at radius 3 is 2.74 bits per heavy atom. The fraction of sp³-hybridized carbons (Fsp3) is 0.450. The van der Waals surface area contributed by atoms with Crippen LogP contribution in [0.4, 0.5) is 0 Å². The Balaban J connectivity index is 1.78. The molecule has 7 heteroatoms. The molecule has 1 aliphatic rings. The van der Waals surface area contributed by atoms with E-state index in [2.05, 4.69) is 10.6 Å². The number of hydrogen-bond donors (Lipinski definition) is 2. The number of nitrogens with one attached hydrogen (secondary N) is 2. The lowest BCUT2D eigenvalue weighted by Crippen LogP contribution is -2.31. The number of hydrogen-bond acceptors (Lipinski definition) is 5. The van der Waals surface area contributed by atoms with Crippen molar-refractivity contribution in [3.8, 4) is 11.8 Å².